The predicted molar refractivity (Wildman–Crippen MR) is 105 cm³/mol. The third-order valence-electron chi connectivity index (χ3n) is 6.31. The van der Waals surface area contributed by atoms with Crippen LogP contribution in [0.3, 0.4) is 0 Å². The standard InChI is InChI=1S/C22H28N2O4/c1-11(2)13-6-5-7-14(12(3)4)20(13)23-17(25)10-24-21(26)18-15-8-9-16(28-15)19(18)22(24)27/h5-7,11-12,15-16,18-19H,8-10H2,1-4H3,(H,23,25)/t15-,16-,18-,19-/m1/s1. The number of carbonyl (C=O) groups is 3. The summed E-state index contributed by atoms with van der Waals surface area (Å²) in [6.45, 7) is 8.10. The molecular formula is C22H28N2O4. The molecule has 6 heteroatoms. The van der Waals surface area contributed by atoms with E-state index < -0.39 is 11.8 Å². The van der Waals surface area contributed by atoms with Crippen LogP contribution < -0.4 is 5.32 Å². The Labute approximate surface area is 165 Å². The van der Waals surface area contributed by atoms with Crippen molar-refractivity contribution in [1.82, 2.24) is 4.90 Å². The number of likely N-dealkylation sites (tertiary alicyclic amines) is 1. The Balaban J connectivity index is 1.53. The van der Waals surface area contributed by atoms with Gasteiger partial charge in [0.2, 0.25) is 17.7 Å². The summed E-state index contributed by atoms with van der Waals surface area (Å²) in [6, 6.07) is 6.03. The fourth-order valence-corrected chi connectivity index (χ4v) is 4.95. The highest BCUT2D eigenvalue weighted by Crippen LogP contribution is 2.48. The molecule has 0 unspecified atom stereocenters. The molecule has 28 heavy (non-hydrogen) atoms. The fourth-order valence-electron chi connectivity index (χ4n) is 4.95. The lowest BCUT2D eigenvalue weighted by Gasteiger charge is -2.22. The summed E-state index contributed by atoms with van der Waals surface area (Å²) >= 11 is 0. The predicted octanol–water partition coefficient (Wildman–Crippen LogP) is 3.03. The van der Waals surface area contributed by atoms with E-state index in [1.165, 1.54) is 0 Å². The Hall–Kier alpha value is -2.21. The van der Waals surface area contributed by atoms with Gasteiger partial charge < -0.3 is 10.1 Å². The highest BCUT2D eigenvalue weighted by atomic mass is 16.5. The molecule has 0 aromatic heterocycles. The molecule has 0 saturated carbocycles. The third kappa shape index (κ3) is 2.94. The largest absolute Gasteiger partial charge is 0.373 e. The first-order valence-corrected chi connectivity index (χ1v) is 10.2. The van der Waals surface area contributed by atoms with Crippen LogP contribution in [0.5, 0.6) is 0 Å². The number of amides is 3. The van der Waals surface area contributed by atoms with E-state index in [4.69, 9.17) is 4.74 Å². The number of nitrogens with one attached hydrogen (secondary N) is 1. The second-order valence-electron chi connectivity index (χ2n) is 8.77. The highest BCUT2D eigenvalue weighted by Gasteiger charge is 2.62. The molecule has 3 amide bonds. The second kappa shape index (κ2) is 6.99. The van der Waals surface area contributed by atoms with E-state index in [2.05, 4.69) is 33.0 Å². The van der Waals surface area contributed by atoms with Gasteiger partial charge in [0.15, 0.2) is 0 Å². The summed E-state index contributed by atoms with van der Waals surface area (Å²) in [7, 11) is 0. The van der Waals surface area contributed by atoms with Gasteiger partial charge in [-0.2, -0.15) is 0 Å². The van der Waals surface area contributed by atoms with Crippen LogP contribution in [-0.2, 0) is 19.1 Å². The van der Waals surface area contributed by atoms with Crippen LogP contribution in [0, 0.1) is 11.8 Å². The van der Waals surface area contributed by atoms with E-state index in [1.54, 1.807) is 0 Å². The fraction of sp³-hybridized carbons (Fsp3) is 0.591. The molecule has 2 bridgehead atoms. The molecule has 1 aromatic carbocycles. The lowest BCUT2D eigenvalue weighted by molar-refractivity contribution is -0.145. The Kier molecular flexibility index (Phi) is 4.78. The van der Waals surface area contributed by atoms with E-state index >= 15 is 0 Å². The molecule has 1 aromatic rings. The first-order chi connectivity index (χ1) is 13.3. The summed E-state index contributed by atoms with van der Waals surface area (Å²) in [6.07, 6.45) is 1.33. The van der Waals surface area contributed by atoms with Crippen LogP contribution in [-0.4, -0.2) is 41.4 Å². The number of imide groups is 1. The van der Waals surface area contributed by atoms with E-state index in [0.717, 1.165) is 34.6 Å². The molecule has 3 heterocycles. The summed E-state index contributed by atoms with van der Waals surface area (Å²) in [4.78, 5) is 39.5. The normalized spacial score (nSPS) is 28.6. The molecule has 6 nitrogen and oxygen atoms in total. The van der Waals surface area contributed by atoms with Gasteiger partial charge in [-0.15, -0.1) is 0 Å². The number of rotatable bonds is 5. The third-order valence-corrected chi connectivity index (χ3v) is 6.31. The van der Waals surface area contributed by atoms with Crippen LogP contribution in [0.4, 0.5) is 5.69 Å². The van der Waals surface area contributed by atoms with Crippen molar-refractivity contribution in [2.45, 2.75) is 64.6 Å². The zero-order chi connectivity index (χ0) is 20.2. The van der Waals surface area contributed by atoms with Crippen molar-refractivity contribution >= 4 is 23.4 Å². The maximum atomic E-state index is 12.8. The molecule has 4 rings (SSSR count). The van der Waals surface area contributed by atoms with E-state index in [0.29, 0.717) is 0 Å². The maximum absolute atomic E-state index is 12.8. The van der Waals surface area contributed by atoms with Crippen molar-refractivity contribution in [3.8, 4) is 0 Å². The van der Waals surface area contributed by atoms with Crippen molar-refractivity contribution in [2.24, 2.45) is 11.8 Å². The Morgan fingerprint density at radius 2 is 1.54 bits per heavy atom. The quantitative estimate of drug-likeness (QED) is 0.792. The molecule has 3 saturated heterocycles. The average molecular weight is 384 g/mol. The van der Waals surface area contributed by atoms with Crippen molar-refractivity contribution in [3.63, 3.8) is 0 Å². The number of hydrogen-bond acceptors (Lipinski definition) is 4. The van der Waals surface area contributed by atoms with Gasteiger partial charge in [-0.3, -0.25) is 19.3 Å². The zero-order valence-corrected chi connectivity index (χ0v) is 16.9. The zero-order valence-electron chi connectivity index (χ0n) is 16.9. The minimum absolute atomic E-state index is 0.159. The van der Waals surface area contributed by atoms with Crippen LogP contribution in [0.2, 0.25) is 0 Å². The Bertz CT molecular complexity index is 778. The van der Waals surface area contributed by atoms with Crippen LogP contribution in [0.25, 0.3) is 0 Å². The smallest absolute Gasteiger partial charge is 0.244 e. The average Bonchev–Trinajstić information content (AvgIpc) is 3.31. The summed E-state index contributed by atoms with van der Waals surface area (Å²) in [5.41, 5.74) is 2.92. The molecular weight excluding hydrogens is 356 g/mol. The van der Waals surface area contributed by atoms with E-state index in [9.17, 15) is 14.4 Å². The van der Waals surface area contributed by atoms with Gasteiger partial charge in [0.1, 0.15) is 6.54 Å². The molecule has 3 aliphatic rings. The van der Waals surface area contributed by atoms with Crippen LogP contribution in [0.15, 0.2) is 18.2 Å². The first kappa shape index (κ1) is 19.1. The SMILES string of the molecule is CC(C)c1cccc(C(C)C)c1NC(=O)CN1C(=O)[C@H]2[C@H](C1=O)[C@H]1CC[C@H]2O1. The Morgan fingerprint density at radius 3 is 2.00 bits per heavy atom. The van der Waals surface area contributed by atoms with Crippen LogP contribution in [0.1, 0.15) is 63.5 Å². The monoisotopic (exact) mass is 384 g/mol. The molecule has 0 radical (unpaired) electrons. The second-order valence-corrected chi connectivity index (χ2v) is 8.77. The number of benzene rings is 1. The Morgan fingerprint density at radius 1 is 1.04 bits per heavy atom. The number of fused-ring (bicyclic) bond motifs is 5. The molecule has 4 atom stereocenters. The van der Waals surface area contributed by atoms with Crippen molar-refractivity contribution in [1.29, 1.82) is 0 Å². The molecule has 150 valence electrons. The lowest BCUT2D eigenvalue weighted by atomic mass is 9.81. The van der Waals surface area contributed by atoms with E-state index in [1.807, 2.05) is 18.2 Å². The number of nitrogens with zero attached hydrogens (tertiary/aromatic N) is 1. The highest BCUT2D eigenvalue weighted by molar-refractivity contribution is 6.09. The van der Waals surface area contributed by atoms with Crippen molar-refractivity contribution < 1.29 is 19.1 Å². The van der Waals surface area contributed by atoms with Gasteiger partial charge in [-0.1, -0.05) is 45.9 Å². The summed E-state index contributed by atoms with van der Waals surface area (Å²) in [5, 5.41) is 3.00. The minimum atomic E-state index is -0.395. The van der Waals surface area contributed by atoms with Crippen molar-refractivity contribution in [2.75, 3.05) is 11.9 Å². The first-order valence-electron chi connectivity index (χ1n) is 10.2. The van der Waals surface area contributed by atoms with Crippen LogP contribution >= 0.6 is 0 Å². The summed E-state index contributed by atoms with van der Waals surface area (Å²) in [5.74, 6) is -1.13. The maximum Gasteiger partial charge on any atom is 0.244 e. The molecule has 0 aliphatic carbocycles. The van der Waals surface area contributed by atoms with Gasteiger partial charge in [0.25, 0.3) is 0 Å². The van der Waals surface area contributed by atoms with Crippen molar-refractivity contribution in [3.05, 3.63) is 29.3 Å². The number of carbonyl (C=O) groups excluding carboxylic acids is 3. The topological polar surface area (TPSA) is 75.7 Å². The van der Waals surface area contributed by atoms with Gasteiger partial charge in [0, 0.05) is 5.69 Å². The van der Waals surface area contributed by atoms with E-state index in [-0.39, 0.29) is 48.3 Å². The van der Waals surface area contributed by atoms with Gasteiger partial charge in [0.05, 0.1) is 24.0 Å². The number of ether oxygens (including phenoxy) is 1. The molecule has 3 aliphatic heterocycles. The minimum Gasteiger partial charge on any atom is -0.373 e. The van der Waals surface area contributed by atoms with Gasteiger partial charge in [-0.05, 0) is 35.8 Å². The molecule has 0 spiro atoms. The van der Waals surface area contributed by atoms with Gasteiger partial charge >= 0.3 is 0 Å². The number of para-hydroxylation sites is 1. The summed E-state index contributed by atoms with van der Waals surface area (Å²) < 4.78 is 5.74. The lowest BCUT2D eigenvalue weighted by Crippen LogP contribution is -2.40. The molecule has 3 fully saturated rings. The number of hydrogen-bond donors (Lipinski definition) is 1. The van der Waals surface area contributed by atoms with Gasteiger partial charge in [-0.25, -0.2) is 0 Å². The molecule has 1 N–H and O–H groups in total. The number of anilines is 1.